The fraction of sp³-hybridized carbons (Fsp3) is 0.450. The Bertz CT molecular complexity index is 927. The van der Waals surface area contributed by atoms with Crippen molar-refractivity contribution in [2.45, 2.75) is 51.5 Å². The Labute approximate surface area is 158 Å². The summed E-state index contributed by atoms with van der Waals surface area (Å²) in [4.78, 5) is 27.6. The summed E-state index contributed by atoms with van der Waals surface area (Å²) < 4.78 is 1.94. The molecule has 26 heavy (non-hydrogen) atoms. The van der Waals surface area contributed by atoms with Crippen molar-refractivity contribution in [3.05, 3.63) is 51.0 Å². The highest BCUT2D eigenvalue weighted by atomic mass is 32.1. The number of benzene rings is 1. The van der Waals surface area contributed by atoms with E-state index in [2.05, 4.69) is 16.4 Å². The van der Waals surface area contributed by atoms with E-state index in [1.54, 1.807) is 6.07 Å². The number of rotatable bonds is 7. The summed E-state index contributed by atoms with van der Waals surface area (Å²) >= 11 is 5.29. The van der Waals surface area contributed by atoms with Crippen LogP contribution in [0.3, 0.4) is 0 Å². The van der Waals surface area contributed by atoms with Gasteiger partial charge in [0, 0.05) is 19.5 Å². The molecule has 0 fully saturated rings. The van der Waals surface area contributed by atoms with Gasteiger partial charge in [0.05, 0.1) is 10.9 Å². The lowest BCUT2D eigenvalue weighted by Crippen LogP contribution is -2.26. The third-order valence-electron chi connectivity index (χ3n) is 4.83. The topological polar surface area (TPSA) is 66.9 Å². The highest BCUT2D eigenvalue weighted by molar-refractivity contribution is 7.71. The molecular weight excluding hydrogens is 346 g/mol. The van der Waals surface area contributed by atoms with Gasteiger partial charge in [-0.3, -0.25) is 14.2 Å². The lowest BCUT2D eigenvalue weighted by molar-refractivity contribution is -0.121. The number of para-hydroxylation sites is 1. The molecule has 0 radical (unpaired) electrons. The average Bonchev–Trinajstić information content (AvgIpc) is 2.65. The zero-order valence-electron chi connectivity index (χ0n) is 14.9. The Kier molecular flexibility index (Phi) is 6.39. The van der Waals surface area contributed by atoms with E-state index in [0.717, 1.165) is 11.9 Å². The van der Waals surface area contributed by atoms with Crippen molar-refractivity contribution in [3.63, 3.8) is 0 Å². The minimum Gasteiger partial charge on any atom is -0.356 e. The van der Waals surface area contributed by atoms with E-state index < -0.39 is 0 Å². The molecule has 1 aromatic carbocycles. The van der Waals surface area contributed by atoms with Crippen LogP contribution in [0.5, 0.6) is 0 Å². The van der Waals surface area contributed by atoms with Gasteiger partial charge in [0.2, 0.25) is 5.91 Å². The van der Waals surface area contributed by atoms with Crippen LogP contribution in [0.2, 0.25) is 0 Å². The first-order valence-corrected chi connectivity index (χ1v) is 9.72. The van der Waals surface area contributed by atoms with Crippen LogP contribution in [0.1, 0.15) is 44.9 Å². The molecule has 2 aromatic rings. The first-order valence-electron chi connectivity index (χ1n) is 9.31. The number of carbonyl (C=O) groups is 1. The van der Waals surface area contributed by atoms with Gasteiger partial charge in [-0.15, -0.1) is 0 Å². The number of aromatic nitrogens is 2. The monoisotopic (exact) mass is 371 g/mol. The molecule has 0 unspecified atom stereocenters. The van der Waals surface area contributed by atoms with Gasteiger partial charge in [0.1, 0.15) is 0 Å². The summed E-state index contributed by atoms with van der Waals surface area (Å²) in [6.45, 7) is 1.14. The molecule has 1 aromatic heterocycles. The van der Waals surface area contributed by atoms with E-state index in [0.29, 0.717) is 36.1 Å². The maximum atomic E-state index is 12.5. The van der Waals surface area contributed by atoms with Gasteiger partial charge in [0.15, 0.2) is 4.77 Å². The maximum absolute atomic E-state index is 12.5. The maximum Gasteiger partial charge on any atom is 0.262 e. The van der Waals surface area contributed by atoms with Gasteiger partial charge in [-0.25, -0.2) is 0 Å². The first kappa shape index (κ1) is 18.6. The molecule has 6 heteroatoms. The minimum atomic E-state index is -0.103. The molecule has 1 aliphatic carbocycles. The van der Waals surface area contributed by atoms with Crippen molar-refractivity contribution in [1.29, 1.82) is 0 Å². The summed E-state index contributed by atoms with van der Waals surface area (Å²) in [5, 5.41) is 3.59. The largest absolute Gasteiger partial charge is 0.356 e. The molecule has 1 heterocycles. The van der Waals surface area contributed by atoms with Crippen molar-refractivity contribution in [1.82, 2.24) is 14.9 Å². The molecular formula is C20H25N3O2S. The number of carbonyl (C=O) groups excluding carboxylic acids is 1. The van der Waals surface area contributed by atoms with Crippen molar-refractivity contribution >= 4 is 29.0 Å². The number of fused-ring (bicyclic) bond motifs is 1. The standard InChI is InChI=1S/C20H25N3O2S/c24-18(21-13-12-15-7-2-1-3-8-15)11-6-14-23-19(25)16-9-4-5-10-17(16)22-20(23)26/h4-5,7,9-10H,1-3,6,8,11-14H2,(H,21,24)(H,22,26). The summed E-state index contributed by atoms with van der Waals surface area (Å²) in [5.74, 6) is 0.0325. The van der Waals surface area contributed by atoms with Gasteiger partial charge in [-0.2, -0.15) is 0 Å². The molecule has 2 N–H and O–H groups in total. The summed E-state index contributed by atoms with van der Waals surface area (Å²) in [7, 11) is 0. The summed E-state index contributed by atoms with van der Waals surface area (Å²) in [6, 6.07) is 7.32. The second-order valence-electron chi connectivity index (χ2n) is 6.74. The molecule has 0 spiro atoms. The number of aromatic amines is 1. The van der Waals surface area contributed by atoms with Crippen LogP contribution in [-0.4, -0.2) is 22.0 Å². The molecule has 5 nitrogen and oxygen atoms in total. The highest BCUT2D eigenvalue weighted by Crippen LogP contribution is 2.19. The van der Waals surface area contributed by atoms with Crippen molar-refractivity contribution < 1.29 is 4.79 Å². The fourth-order valence-electron chi connectivity index (χ4n) is 3.38. The Balaban J connectivity index is 1.49. The number of hydrogen-bond acceptors (Lipinski definition) is 3. The van der Waals surface area contributed by atoms with E-state index in [1.807, 2.05) is 18.2 Å². The number of H-pyrrole nitrogens is 1. The second kappa shape index (κ2) is 8.94. The minimum absolute atomic E-state index is 0.0325. The van der Waals surface area contributed by atoms with Crippen LogP contribution < -0.4 is 10.9 Å². The molecule has 0 aliphatic heterocycles. The van der Waals surface area contributed by atoms with E-state index in [1.165, 1.54) is 35.8 Å². The molecule has 138 valence electrons. The van der Waals surface area contributed by atoms with Crippen LogP contribution in [0.25, 0.3) is 10.9 Å². The van der Waals surface area contributed by atoms with Crippen molar-refractivity contribution in [2.75, 3.05) is 6.54 Å². The number of amides is 1. The second-order valence-corrected chi connectivity index (χ2v) is 7.13. The summed E-state index contributed by atoms with van der Waals surface area (Å²) in [6.07, 6.45) is 9.12. The van der Waals surface area contributed by atoms with Crippen LogP contribution in [0.4, 0.5) is 0 Å². The number of hydrogen-bond donors (Lipinski definition) is 2. The Hall–Kier alpha value is -2.21. The SMILES string of the molecule is O=C(CCCn1c(=S)[nH]c2ccccc2c1=O)NCCC1=CCCCC1. The summed E-state index contributed by atoms with van der Waals surface area (Å²) in [5.41, 5.74) is 2.10. The van der Waals surface area contributed by atoms with E-state index in [4.69, 9.17) is 12.2 Å². The van der Waals surface area contributed by atoms with Crippen LogP contribution in [-0.2, 0) is 11.3 Å². The molecule has 1 aliphatic rings. The van der Waals surface area contributed by atoms with E-state index in [9.17, 15) is 9.59 Å². The predicted molar refractivity (Wildman–Crippen MR) is 107 cm³/mol. The quantitative estimate of drug-likeness (QED) is 0.574. The molecule has 0 atom stereocenters. The Morgan fingerprint density at radius 3 is 2.92 bits per heavy atom. The molecule has 3 rings (SSSR count). The highest BCUT2D eigenvalue weighted by Gasteiger charge is 2.08. The number of allylic oxidation sites excluding steroid dienone is 1. The Morgan fingerprint density at radius 1 is 1.27 bits per heavy atom. The van der Waals surface area contributed by atoms with Gasteiger partial charge >= 0.3 is 0 Å². The lowest BCUT2D eigenvalue weighted by Gasteiger charge is -2.13. The van der Waals surface area contributed by atoms with Crippen LogP contribution in [0, 0.1) is 4.77 Å². The number of nitrogens with one attached hydrogen (secondary N) is 2. The zero-order chi connectivity index (χ0) is 18.4. The Morgan fingerprint density at radius 2 is 2.12 bits per heavy atom. The van der Waals surface area contributed by atoms with Gasteiger partial charge in [0.25, 0.3) is 5.56 Å². The third kappa shape index (κ3) is 4.69. The predicted octanol–water partition coefficient (Wildman–Crippen LogP) is 3.85. The molecule has 0 saturated heterocycles. The number of nitrogens with zero attached hydrogens (tertiary/aromatic N) is 1. The van der Waals surface area contributed by atoms with E-state index >= 15 is 0 Å². The lowest BCUT2D eigenvalue weighted by atomic mass is 9.97. The third-order valence-corrected chi connectivity index (χ3v) is 5.15. The van der Waals surface area contributed by atoms with E-state index in [-0.39, 0.29) is 11.5 Å². The molecule has 0 bridgehead atoms. The van der Waals surface area contributed by atoms with Crippen LogP contribution in [0.15, 0.2) is 40.7 Å². The van der Waals surface area contributed by atoms with Gasteiger partial charge in [-0.1, -0.05) is 23.8 Å². The fourth-order valence-corrected chi connectivity index (χ4v) is 3.67. The van der Waals surface area contributed by atoms with Gasteiger partial charge < -0.3 is 10.3 Å². The average molecular weight is 372 g/mol. The zero-order valence-corrected chi connectivity index (χ0v) is 15.7. The van der Waals surface area contributed by atoms with Crippen molar-refractivity contribution in [2.24, 2.45) is 0 Å². The molecule has 1 amide bonds. The van der Waals surface area contributed by atoms with Gasteiger partial charge in [-0.05, 0) is 62.9 Å². The smallest absolute Gasteiger partial charge is 0.262 e. The van der Waals surface area contributed by atoms with Crippen LogP contribution >= 0.6 is 12.2 Å². The first-order chi connectivity index (χ1) is 12.6. The van der Waals surface area contributed by atoms with Crippen molar-refractivity contribution in [3.8, 4) is 0 Å². The molecule has 0 saturated carbocycles. The normalized spacial score (nSPS) is 14.2.